The van der Waals surface area contributed by atoms with Crippen molar-refractivity contribution in [2.24, 2.45) is 0 Å². The van der Waals surface area contributed by atoms with Crippen molar-refractivity contribution in [1.82, 2.24) is 0 Å². The highest BCUT2D eigenvalue weighted by molar-refractivity contribution is 5.67. The number of hydrogen-bond donors (Lipinski definition) is 0. The van der Waals surface area contributed by atoms with Crippen molar-refractivity contribution in [2.45, 2.75) is 26.2 Å². The van der Waals surface area contributed by atoms with Gasteiger partial charge in [-0.3, -0.25) is 0 Å². The van der Waals surface area contributed by atoms with Crippen LogP contribution in [-0.2, 0) is 5.41 Å². The predicted molar refractivity (Wildman–Crippen MR) is 80.0 cm³/mol. The van der Waals surface area contributed by atoms with Crippen LogP contribution in [0.3, 0.4) is 0 Å². The molecule has 2 nitrogen and oxygen atoms in total. The molecule has 0 unspecified atom stereocenters. The van der Waals surface area contributed by atoms with Gasteiger partial charge >= 0.3 is 0 Å². The lowest BCUT2D eigenvalue weighted by Crippen LogP contribution is -2.10. The zero-order valence-corrected chi connectivity index (χ0v) is 11.9. The third-order valence-corrected chi connectivity index (χ3v) is 3.28. The quantitative estimate of drug-likeness (QED) is 0.763. The van der Waals surface area contributed by atoms with Gasteiger partial charge in [-0.25, -0.2) is 0 Å². The summed E-state index contributed by atoms with van der Waals surface area (Å²) >= 11 is 0. The molecule has 98 valence electrons. The zero-order valence-electron chi connectivity index (χ0n) is 11.9. The Morgan fingerprint density at radius 3 is 1.65 bits per heavy atom. The Bertz CT molecular complexity index is 673. The van der Waals surface area contributed by atoms with Gasteiger partial charge in [-0.05, 0) is 40.3 Å². The standard InChI is InChI=1S/C18H16N2/c1-18(2,3)17-6-4-15(5-7-17)16-9-13(11-19)8-14(10-16)12-20/h4-10H,1-3H3. The first kappa shape index (κ1) is 13.8. The largest absolute Gasteiger partial charge is 0.192 e. The van der Waals surface area contributed by atoms with E-state index in [1.165, 1.54) is 5.56 Å². The molecule has 0 aliphatic rings. The first-order valence-electron chi connectivity index (χ1n) is 6.50. The highest BCUT2D eigenvalue weighted by Gasteiger charge is 2.13. The summed E-state index contributed by atoms with van der Waals surface area (Å²) in [6, 6.07) is 17.7. The Balaban J connectivity index is 2.48. The van der Waals surface area contributed by atoms with Gasteiger partial charge in [0.15, 0.2) is 0 Å². The first-order valence-corrected chi connectivity index (χ1v) is 6.50. The molecule has 0 spiro atoms. The van der Waals surface area contributed by atoms with Crippen molar-refractivity contribution < 1.29 is 0 Å². The molecule has 0 N–H and O–H groups in total. The van der Waals surface area contributed by atoms with Crippen LogP contribution in [0.1, 0.15) is 37.5 Å². The third kappa shape index (κ3) is 2.87. The fourth-order valence-corrected chi connectivity index (χ4v) is 2.09. The second-order valence-electron chi connectivity index (χ2n) is 5.85. The molecule has 0 saturated carbocycles. The van der Waals surface area contributed by atoms with Gasteiger partial charge in [-0.2, -0.15) is 10.5 Å². The molecule has 0 fully saturated rings. The minimum atomic E-state index is 0.116. The molecule has 0 aliphatic heterocycles. The van der Waals surface area contributed by atoms with E-state index in [-0.39, 0.29) is 5.41 Å². The average molecular weight is 260 g/mol. The maximum absolute atomic E-state index is 9.02. The molecule has 0 radical (unpaired) electrons. The molecular weight excluding hydrogens is 244 g/mol. The van der Waals surface area contributed by atoms with Crippen LogP contribution in [0.4, 0.5) is 0 Å². The first-order chi connectivity index (χ1) is 9.44. The monoisotopic (exact) mass is 260 g/mol. The normalized spacial score (nSPS) is 10.7. The molecule has 2 heteroatoms. The molecule has 0 amide bonds. The van der Waals surface area contributed by atoms with Crippen LogP contribution in [0, 0.1) is 22.7 Å². The molecule has 0 aromatic heterocycles. The highest BCUT2D eigenvalue weighted by atomic mass is 14.3. The van der Waals surface area contributed by atoms with Gasteiger partial charge in [0.2, 0.25) is 0 Å². The van der Waals surface area contributed by atoms with Crippen molar-refractivity contribution >= 4 is 0 Å². The smallest absolute Gasteiger partial charge is 0.0992 e. The summed E-state index contributed by atoms with van der Waals surface area (Å²) in [5, 5.41) is 18.0. The highest BCUT2D eigenvalue weighted by Crippen LogP contribution is 2.27. The summed E-state index contributed by atoms with van der Waals surface area (Å²) in [4.78, 5) is 0. The zero-order chi connectivity index (χ0) is 14.8. The Labute approximate surface area is 119 Å². The summed E-state index contributed by atoms with van der Waals surface area (Å²) in [7, 11) is 0. The topological polar surface area (TPSA) is 47.6 Å². The second-order valence-corrected chi connectivity index (χ2v) is 5.85. The molecule has 2 aromatic carbocycles. The Hall–Kier alpha value is -2.58. The predicted octanol–water partition coefficient (Wildman–Crippen LogP) is 4.39. The van der Waals surface area contributed by atoms with Crippen LogP contribution in [0.2, 0.25) is 0 Å². The van der Waals surface area contributed by atoms with Crippen molar-refractivity contribution in [3.05, 3.63) is 59.2 Å². The van der Waals surface area contributed by atoms with E-state index >= 15 is 0 Å². The van der Waals surface area contributed by atoms with Crippen molar-refractivity contribution in [3.63, 3.8) is 0 Å². The Morgan fingerprint density at radius 2 is 1.25 bits per heavy atom. The van der Waals surface area contributed by atoms with Crippen LogP contribution in [0.5, 0.6) is 0 Å². The van der Waals surface area contributed by atoms with Gasteiger partial charge < -0.3 is 0 Å². The van der Waals surface area contributed by atoms with Gasteiger partial charge in [-0.1, -0.05) is 45.0 Å². The van der Waals surface area contributed by atoms with E-state index in [1.54, 1.807) is 6.07 Å². The Kier molecular flexibility index (Phi) is 3.59. The maximum Gasteiger partial charge on any atom is 0.0992 e. The number of hydrogen-bond acceptors (Lipinski definition) is 2. The summed E-state index contributed by atoms with van der Waals surface area (Å²) in [5.41, 5.74) is 4.33. The SMILES string of the molecule is CC(C)(C)c1ccc(-c2cc(C#N)cc(C#N)c2)cc1. The van der Waals surface area contributed by atoms with Crippen molar-refractivity contribution in [2.75, 3.05) is 0 Å². The molecule has 2 rings (SSSR count). The molecule has 0 aliphatic carbocycles. The molecule has 0 saturated heterocycles. The Morgan fingerprint density at radius 1 is 0.750 bits per heavy atom. The third-order valence-electron chi connectivity index (χ3n) is 3.28. The van der Waals surface area contributed by atoms with Crippen LogP contribution < -0.4 is 0 Å². The van der Waals surface area contributed by atoms with Crippen molar-refractivity contribution in [1.29, 1.82) is 10.5 Å². The van der Waals surface area contributed by atoms with E-state index in [2.05, 4.69) is 45.0 Å². The van der Waals surface area contributed by atoms with Gasteiger partial charge in [0.25, 0.3) is 0 Å². The minimum Gasteiger partial charge on any atom is -0.192 e. The number of rotatable bonds is 1. The van der Waals surface area contributed by atoms with Gasteiger partial charge in [0.05, 0.1) is 23.3 Å². The molecule has 0 heterocycles. The fraction of sp³-hybridized carbons (Fsp3) is 0.222. The number of benzene rings is 2. The van der Waals surface area contributed by atoms with Crippen LogP contribution >= 0.6 is 0 Å². The van der Waals surface area contributed by atoms with E-state index in [9.17, 15) is 0 Å². The van der Waals surface area contributed by atoms with Crippen LogP contribution in [0.25, 0.3) is 11.1 Å². The molecule has 0 bridgehead atoms. The second kappa shape index (κ2) is 5.19. The van der Waals surface area contributed by atoms with Gasteiger partial charge in [0.1, 0.15) is 0 Å². The average Bonchev–Trinajstić information content (AvgIpc) is 2.46. The van der Waals surface area contributed by atoms with Gasteiger partial charge in [-0.15, -0.1) is 0 Å². The van der Waals surface area contributed by atoms with Gasteiger partial charge in [0, 0.05) is 0 Å². The molecule has 0 atom stereocenters. The molecule has 20 heavy (non-hydrogen) atoms. The number of nitriles is 2. The van der Waals surface area contributed by atoms with E-state index < -0.39 is 0 Å². The van der Waals surface area contributed by atoms with Crippen LogP contribution in [-0.4, -0.2) is 0 Å². The summed E-state index contributed by atoms with van der Waals surface area (Å²) < 4.78 is 0. The van der Waals surface area contributed by atoms with E-state index in [0.29, 0.717) is 11.1 Å². The maximum atomic E-state index is 9.02. The van der Waals surface area contributed by atoms with Crippen LogP contribution in [0.15, 0.2) is 42.5 Å². The minimum absolute atomic E-state index is 0.116. The van der Waals surface area contributed by atoms with E-state index in [4.69, 9.17) is 10.5 Å². The summed E-state index contributed by atoms with van der Waals surface area (Å²) in [5.74, 6) is 0. The van der Waals surface area contributed by atoms with E-state index in [0.717, 1.165) is 11.1 Å². The summed E-state index contributed by atoms with van der Waals surface area (Å²) in [6.45, 7) is 6.52. The number of nitrogens with zero attached hydrogens (tertiary/aromatic N) is 2. The lowest BCUT2D eigenvalue weighted by Gasteiger charge is -2.19. The lowest BCUT2D eigenvalue weighted by molar-refractivity contribution is 0.590. The summed E-state index contributed by atoms with van der Waals surface area (Å²) in [6.07, 6.45) is 0. The molecule has 2 aromatic rings. The molecular formula is C18H16N2. The van der Waals surface area contributed by atoms with E-state index in [1.807, 2.05) is 24.3 Å². The lowest BCUT2D eigenvalue weighted by atomic mass is 9.86. The van der Waals surface area contributed by atoms with Crippen molar-refractivity contribution in [3.8, 4) is 23.3 Å². The fourth-order valence-electron chi connectivity index (χ4n) is 2.09.